The fourth-order valence-electron chi connectivity index (χ4n) is 3.46. The average Bonchev–Trinajstić information content (AvgIpc) is 2.82. The third-order valence-corrected chi connectivity index (χ3v) is 6.95. The topological polar surface area (TPSA) is 84.5 Å². The number of amides is 1. The van der Waals surface area contributed by atoms with Crippen molar-refractivity contribution in [1.29, 1.82) is 0 Å². The van der Waals surface area contributed by atoms with Crippen LogP contribution in [0.2, 0.25) is 5.02 Å². The van der Waals surface area contributed by atoms with Gasteiger partial charge < -0.3 is 10.1 Å². The van der Waals surface area contributed by atoms with Crippen LogP contribution < -0.4 is 14.8 Å². The minimum Gasteiger partial charge on any atom is -0.482 e. The van der Waals surface area contributed by atoms with Crippen molar-refractivity contribution in [3.63, 3.8) is 0 Å². The Labute approximate surface area is 212 Å². The molecule has 3 aromatic carbocycles. The monoisotopic (exact) mass is 540 g/mol. The predicted molar refractivity (Wildman–Crippen MR) is 133 cm³/mol. The summed E-state index contributed by atoms with van der Waals surface area (Å²) >= 11 is 6.16. The van der Waals surface area contributed by atoms with Gasteiger partial charge in [0.25, 0.3) is 15.9 Å². The molecule has 11 heteroatoms. The molecule has 2 N–H and O–H groups in total. The van der Waals surface area contributed by atoms with Crippen molar-refractivity contribution >= 4 is 38.9 Å². The van der Waals surface area contributed by atoms with Crippen LogP contribution in [0.3, 0.4) is 0 Å². The molecule has 0 radical (unpaired) electrons. The summed E-state index contributed by atoms with van der Waals surface area (Å²) in [5, 5.41) is 2.77. The molecule has 0 aliphatic heterocycles. The Morgan fingerprint density at radius 1 is 0.972 bits per heavy atom. The van der Waals surface area contributed by atoms with Crippen molar-refractivity contribution in [3.05, 3.63) is 82.4 Å². The van der Waals surface area contributed by atoms with Gasteiger partial charge in [-0.3, -0.25) is 9.52 Å². The van der Waals surface area contributed by atoms with Gasteiger partial charge in [0.1, 0.15) is 5.75 Å². The molecule has 0 spiro atoms. The van der Waals surface area contributed by atoms with E-state index in [0.717, 1.165) is 47.9 Å². The van der Waals surface area contributed by atoms with Gasteiger partial charge in [-0.2, -0.15) is 13.2 Å². The lowest BCUT2D eigenvalue weighted by Gasteiger charge is -2.15. The van der Waals surface area contributed by atoms with Crippen molar-refractivity contribution < 1.29 is 31.1 Å². The van der Waals surface area contributed by atoms with Crippen LogP contribution in [0.1, 0.15) is 30.5 Å². The summed E-state index contributed by atoms with van der Waals surface area (Å²) < 4.78 is 71.6. The Kier molecular flexibility index (Phi) is 8.52. The molecule has 0 bridgehead atoms. The highest BCUT2D eigenvalue weighted by Gasteiger charge is 2.30. The number of nitrogens with one attached hydrogen (secondary N) is 2. The number of carbonyl (C=O) groups is 1. The molecule has 0 fully saturated rings. The number of sulfonamides is 1. The highest BCUT2D eigenvalue weighted by molar-refractivity contribution is 7.92. The molecule has 3 aromatic rings. The fraction of sp³-hybridized carbons (Fsp3) is 0.240. The molecule has 0 aliphatic rings. The van der Waals surface area contributed by atoms with Crippen LogP contribution in [0.5, 0.6) is 5.75 Å². The molecule has 6 nitrogen and oxygen atoms in total. The van der Waals surface area contributed by atoms with Crippen molar-refractivity contribution in [3.8, 4) is 5.75 Å². The summed E-state index contributed by atoms with van der Waals surface area (Å²) in [5.41, 5.74) is 1.48. The molecule has 0 atom stereocenters. The van der Waals surface area contributed by atoms with Gasteiger partial charge in [-0.15, -0.1) is 0 Å². The molecule has 36 heavy (non-hydrogen) atoms. The van der Waals surface area contributed by atoms with Crippen molar-refractivity contribution in [1.82, 2.24) is 0 Å². The summed E-state index contributed by atoms with van der Waals surface area (Å²) in [4.78, 5) is 12.2. The highest BCUT2D eigenvalue weighted by Crippen LogP contribution is 2.32. The number of para-hydroxylation sites is 1. The number of halogens is 4. The number of aryl methyl sites for hydroxylation is 2. The van der Waals surface area contributed by atoms with E-state index in [-0.39, 0.29) is 28.0 Å². The first kappa shape index (κ1) is 27.3. The van der Waals surface area contributed by atoms with Crippen molar-refractivity contribution in [2.75, 3.05) is 16.6 Å². The first-order valence-corrected chi connectivity index (χ1v) is 12.8. The van der Waals surface area contributed by atoms with E-state index >= 15 is 0 Å². The number of alkyl halides is 3. The number of rotatable bonds is 9. The minimum absolute atomic E-state index is 0.0735. The predicted octanol–water partition coefficient (Wildman–Crippen LogP) is 6.30. The third kappa shape index (κ3) is 6.70. The molecular weight excluding hydrogens is 517 g/mol. The summed E-state index contributed by atoms with van der Waals surface area (Å²) in [6.07, 6.45) is -3.14. The maximum absolute atomic E-state index is 12.9. The van der Waals surface area contributed by atoms with E-state index in [4.69, 9.17) is 16.3 Å². The fourth-order valence-corrected chi connectivity index (χ4v) is 4.84. The number of hydrogen-bond donors (Lipinski definition) is 2. The van der Waals surface area contributed by atoms with Gasteiger partial charge in [0, 0.05) is 11.4 Å². The number of hydrogen-bond acceptors (Lipinski definition) is 4. The quantitative estimate of drug-likeness (QED) is 0.333. The van der Waals surface area contributed by atoms with Gasteiger partial charge in [-0.25, -0.2) is 8.42 Å². The Morgan fingerprint density at radius 2 is 1.61 bits per heavy atom. The Hall–Kier alpha value is -3.24. The maximum atomic E-state index is 12.9. The molecule has 0 aliphatic carbocycles. The lowest BCUT2D eigenvalue weighted by atomic mass is 10.0. The number of benzene rings is 3. The Morgan fingerprint density at radius 3 is 2.19 bits per heavy atom. The summed E-state index contributed by atoms with van der Waals surface area (Å²) in [7, 11) is -4.24. The van der Waals surface area contributed by atoms with Crippen molar-refractivity contribution in [2.24, 2.45) is 0 Å². The molecule has 1 amide bonds. The van der Waals surface area contributed by atoms with Gasteiger partial charge in [-0.05, 0) is 60.4 Å². The minimum atomic E-state index is -4.62. The van der Waals surface area contributed by atoms with Crippen LogP contribution in [-0.4, -0.2) is 20.9 Å². The SMILES string of the molecule is CCc1cccc(CC)c1NC(=O)COc1ccc(S(=O)(=O)Nc2cccc(C(F)(F)F)c2)cc1Cl. The van der Waals surface area contributed by atoms with E-state index < -0.39 is 27.7 Å². The zero-order valence-electron chi connectivity index (χ0n) is 19.4. The number of carbonyl (C=O) groups excluding carboxylic acids is 1. The normalized spacial score (nSPS) is 11.7. The largest absolute Gasteiger partial charge is 0.482 e. The smallest absolute Gasteiger partial charge is 0.416 e. The van der Waals surface area contributed by atoms with Crippen LogP contribution in [0.4, 0.5) is 24.5 Å². The van der Waals surface area contributed by atoms with E-state index in [0.29, 0.717) is 6.07 Å². The van der Waals surface area contributed by atoms with E-state index in [1.54, 1.807) is 0 Å². The van der Waals surface area contributed by atoms with E-state index in [9.17, 15) is 26.4 Å². The van der Waals surface area contributed by atoms with E-state index in [1.807, 2.05) is 32.0 Å². The third-order valence-electron chi connectivity index (χ3n) is 5.28. The molecule has 0 heterocycles. The van der Waals surface area contributed by atoms with E-state index in [2.05, 4.69) is 10.0 Å². The Bertz CT molecular complexity index is 1340. The summed E-state index contributed by atoms with van der Waals surface area (Å²) in [6, 6.07) is 13.1. The standard InChI is InChI=1S/C25H24ClF3N2O4S/c1-3-16-7-5-8-17(4-2)24(16)30-23(32)15-35-22-12-11-20(14-21(22)26)36(33,34)31-19-10-6-9-18(13-19)25(27,28)29/h5-14,31H,3-4,15H2,1-2H3,(H,30,32). The maximum Gasteiger partial charge on any atom is 0.416 e. The second-order valence-corrected chi connectivity index (χ2v) is 9.86. The zero-order chi connectivity index (χ0) is 26.5. The number of anilines is 2. The molecule has 0 saturated heterocycles. The lowest BCUT2D eigenvalue weighted by Crippen LogP contribution is -2.22. The van der Waals surface area contributed by atoms with Gasteiger partial charge in [0.2, 0.25) is 0 Å². The molecule has 3 rings (SSSR count). The van der Waals surface area contributed by atoms with Gasteiger partial charge in [-0.1, -0.05) is 49.7 Å². The second kappa shape index (κ2) is 11.2. The van der Waals surface area contributed by atoms with Gasteiger partial charge in [0.15, 0.2) is 6.61 Å². The molecule has 0 saturated carbocycles. The zero-order valence-corrected chi connectivity index (χ0v) is 21.0. The second-order valence-electron chi connectivity index (χ2n) is 7.77. The van der Waals surface area contributed by atoms with Crippen LogP contribution in [0.15, 0.2) is 65.6 Å². The van der Waals surface area contributed by atoms with Gasteiger partial charge in [0.05, 0.1) is 15.5 Å². The molecule has 0 unspecified atom stereocenters. The summed E-state index contributed by atoms with van der Waals surface area (Å²) in [5.74, 6) is -0.339. The van der Waals surface area contributed by atoms with Crippen molar-refractivity contribution in [2.45, 2.75) is 37.8 Å². The molecule has 0 aromatic heterocycles. The Balaban J connectivity index is 1.69. The average molecular weight is 541 g/mol. The van der Waals surface area contributed by atoms with Gasteiger partial charge >= 0.3 is 6.18 Å². The lowest BCUT2D eigenvalue weighted by molar-refractivity contribution is -0.137. The van der Waals surface area contributed by atoms with Crippen LogP contribution in [0.25, 0.3) is 0 Å². The van der Waals surface area contributed by atoms with Crippen LogP contribution >= 0.6 is 11.6 Å². The first-order chi connectivity index (χ1) is 16.9. The summed E-state index contributed by atoms with van der Waals surface area (Å²) in [6.45, 7) is 3.60. The first-order valence-electron chi connectivity index (χ1n) is 11.0. The number of ether oxygens (including phenoxy) is 1. The van der Waals surface area contributed by atoms with E-state index in [1.165, 1.54) is 18.2 Å². The van der Waals surface area contributed by atoms with Crippen LogP contribution in [0, 0.1) is 0 Å². The highest BCUT2D eigenvalue weighted by atomic mass is 35.5. The van der Waals surface area contributed by atoms with Crippen LogP contribution in [-0.2, 0) is 33.8 Å². The molecular formula is C25H24ClF3N2O4S. The molecule has 192 valence electrons.